The number of aliphatic imine (C=N–C) groups is 4. The van der Waals surface area contributed by atoms with Crippen LogP contribution in [0.3, 0.4) is 0 Å². The number of nitrogens with two attached hydrogens (primary N) is 4. The molecule has 8 aliphatic heterocycles. The van der Waals surface area contributed by atoms with Crippen molar-refractivity contribution in [2.24, 2.45) is 54.7 Å². The zero-order valence-electron chi connectivity index (χ0n) is 42.8. The van der Waals surface area contributed by atoms with E-state index in [1.54, 1.807) is 36.4 Å². The van der Waals surface area contributed by atoms with E-state index in [1.807, 2.05) is 12.1 Å². The molecule has 17 N–H and O–H groups in total. The molecular weight excluding hydrogens is 1020 g/mol. The van der Waals surface area contributed by atoms with Crippen molar-refractivity contribution in [1.29, 1.82) is 0 Å². The van der Waals surface area contributed by atoms with Crippen LogP contribution in [-0.2, 0) is 32.0 Å². The highest BCUT2D eigenvalue weighted by molar-refractivity contribution is 6.06. The van der Waals surface area contributed by atoms with Gasteiger partial charge in [0.2, 0.25) is 35.2 Å². The number of nitrogens with zero attached hydrogens (tertiary/aromatic N) is 8. The lowest BCUT2D eigenvalue weighted by Gasteiger charge is -2.49. The van der Waals surface area contributed by atoms with Crippen molar-refractivity contribution in [3.63, 3.8) is 0 Å². The molecule has 5 fully saturated rings. The van der Waals surface area contributed by atoms with Crippen molar-refractivity contribution in [2.45, 2.75) is 123 Å². The van der Waals surface area contributed by atoms with Crippen LogP contribution in [0.2, 0.25) is 0 Å². The van der Waals surface area contributed by atoms with Gasteiger partial charge in [-0.05, 0) is 67.2 Å². The lowest BCUT2D eigenvalue weighted by atomic mass is 9.81. The Morgan fingerprint density at radius 3 is 1.70 bits per heavy atom. The number of hydrogen-bond acceptors (Lipinski definition) is 23. The topological polar surface area (TPSA) is 418 Å². The van der Waals surface area contributed by atoms with Crippen molar-refractivity contribution in [3.8, 4) is 5.75 Å². The smallest absolute Gasteiger partial charge is 0.255 e. The van der Waals surface area contributed by atoms with E-state index in [0.717, 1.165) is 59.9 Å². The van der Waals surface area contributed by atoms with Crippen molar-refractivity contribution in [3.05, 3.63) is 76.9 Å². The highest BCUT2D eigenvalue weighted by Crippen LogP contribution is 2.48. The number of rotatable bonds is 8. The van der Waals surface area contributed by atoms with E-state index < -0.39 is 71.0 Å². The number of carbonyl (C=O) groups excluding carboxylic acids is 6. The van der Waals surface area contributed by atoms with Crippen LogP contribution in [0.4, 0.5) is 0 Å². The first-order valence-corrected chi connectivity index (χ1v) is 26.6. The number of carbonyl (C=O) groups is 6. The summed E-state index contributed by atoms with van der Waals surface area (Å²) in [6.07, 6.45) is 7.08. The van der Waals surface area contributed by atoms with Crippen LogP contribution < -0.4 is 44.2 Å². The molecule has 2 spiro atoms. The van der Waals surface area contributed by atoms with Gasteiger partial charge < -0.3 is 79.5 Å². The van der Waals surface area contributed by atoms with Crippen LogP contribution in [0.15, 0.2) is 74.6 Å². The summed E-state index contributed by atoms with van der Waals surface area (Å²) in [5, 5.41) is 69.7. The third-order valence-corrected chi connectivity index (χ3v) is 17.8. The lowest BCUT2D eigenvalue weighted by Crippen LogP contribution is -2.78. The van der Waals surface area contributed by atoms with E-state index >= 15 is 0 Å². The molecule has 10 atom stereocenters. The summed E-state index contributed by atoms with van der Waals surface area (Å²) in [5.74, 6) is -8.87. The Morgan fingerprint density at radius 1 is 0.608 bits per heavy atom. The van der Waals surface area contributed by atoms with E-state index in [0.29, 0.717) is 23.8 Å². The maximum absolute atomic E-state index is 13.5. The normalized spacial score (nSPS) is 32.5. The van der Waals surface area contributed by atoms with Gasteiger partial charge in [-0.3, -0.25) is 38.6 Å². The first-order valence-electron chi connectivity index (χ1n) is 26.6. The summed E-state index contributed by atoms with van der Waals surface area (Å²) >= 11 is 0. The summed E-state index contributed by atoms with van der Waals surface area (Å²) in [7, 11) is 0. The molecule has 3 aromatic rings. The Kier molecular flexibility index (Phi) is 12.1. The quantitative estimate of drug-likeness (QED) is 0.0755. The van der Waals surface area contributed by atoms with E-state index in [1.165, 1.54) is 20.8 Å². The molecule has 0 radical (unpaired) electrons. The maximum atomic E-state index is 13.5. The number of guanidine groups is 4. The molecule has 3 aromatic carbocycles. The van der Waals surface area contributed by atoms with Crippen LogP contribution in [0.1, 0.15) is 83.2 Å². The maximum Gasteiger partial charge on any atom is 0.255 e. The largest absolute Gasteiger partial charge is 0.506 e. The number of hydrogen-bond donors (Lipinski definition) is 13. The van der Waals surface area contributed by atoms with Crippen LogP contribution in [0.5, 0.6) is 5.75 Å². The molecule has 416 valence electrons. The number of aryl methyl sites for hydroxylation is 1. The number of aliphatic hydroxyl groups is 4. The van der Waals surface area contributed by atoms with Gasteiger partial charge in [-0.2, -0.15) is 0 Å². The van der Waals surface area contributed by atoms with Gasteiger partial charge in [0.05, 0.1) is 42.6 Å². The third-order valence-electron chi connectivity index (χ3n) is 17.8. The van der Waals surface area contributed by atoms with Gasteiger partial charge in [0.25, 0.3) is 11.8 Å². The fourth-order valence-corrected chi connectivity index (χ4v) is 14.0. The number of phenolic OH excluding ortho intramolecular Hbond substituents is 1. The molecule has 27 nitrogen and oxygen atoms in total. The number of amides is 6. The van der Waals surface area contributed by atoms with Crippen LogP contribution in [0.25, 0.3) is 10.8 Å². The number of likely N-dealkylation sites (tertiary alicyclic amines) is 2. The van der Waals surface area contributed by atoms with Crippen LogP contribution in [0, 0.1) is 11.8 Å². The molecule has 2 aliphatic carbocycles. The fraction of sp³-hybridized carbons (Fsp3) is 0.500. The molecule has 6 amide bonds. The number of nitrogens with one attached hydrogen (secondary N) is 4. The number of fused-ring (bicyclic) bond motifs is 3. The first-order chi connectivity index (χ1) is 37.7. The van der Waals surface area contributed by atoms with Crippen molar-refractivity contribution in [1.82, 2.24) is 40.9 Å². The van der Waals surface area contributed by atoms with Crippen LogP contribution >= 0.6 is 0 Å². The molecule has 4 saturated heterocycles. The molecule has 0 bridgehead atoms. The Morgan fingerprint density at radius 2 is 1.13 bits per heavy atom. The van der Waals surface area contributed by atoms with Gasteiger partial charge in [-0.1, -0.05) is 55.3 Å². The second-order valence-corrected chi connectivity index (χ2v) is 22.1. The average Bonchev–Trinajstić information content (AvgIpc) is 4.33. The summed E-state index contributed by atoms with van der Waals surface area (Å²) in [4.78, 5) is 101. The van der Waals surface area contributed by atoms with E-state index in [-0.39, 0.29) is 110 Å². The van der Waals surface area contributed by atoms with Gasteiger partial charge in [0.1, 0.15) is 29.9 Å². The molecule has 13 rings (SSSR count). The Bertz CT molecular complexity index is 3230. The van der Waals surface area contributed by atoms with Crippen LogP contribution in [-0.4, -0.2) is 190 Å². The minimum atomic E-state index is -2.71. The lowest BCUT2D eigenvalue weighted by molar-refractivity contribution is -0.231. The van der Waals surface area contributed by atoms with Gasteiger partial charge in [0, 0.05) is 36.9 Å². The summed E-state index contributed by atoms with van der Waals surface area (Å²) < 4.78 is 0. The monoisotopic (exact) mass is 1090 g/mol. The predicted octanol–water partition coefficient (Wildman–Crippen LogP) is -4.02. The minimum absolute atomic E-state index is 0.0264. The number of benzene rings is 3. The molecule has 27 heteroatoms. The minimum Gasteiger partial charge on any atom is -0.506 e. The zero-order valence-corrected chi connectivity index (χ0v) is 42.8. The zero-order chi connectivity index (χ0) is 55.7. The third kappa shape index (κ3) is 7.67. The summed E-state index contributed by atoms with van der Waals surface area (Å²) in [5.41, 5.74) is 23.7. The highest BCUT2D eigenvalue weighted by Gasteiger charge is 2.75. The number of aromatic hydroxyl groups is 1. The van der Waals surface area contributed by atoms with E-state index in [4.69, 9.17) is 22.9 Å². The molecule has 8 heterocycles. The van der Waals surface area contributed by atoms with Gasteiger partial charge in [-0.25, -0.2) is 20.0 Å². The average molecular weight is 1090 g/mol. The number of phenols is 1. The SMILES string of the molecule is NC1=N[C@H]2[C@H](CN3C(=O)C4CCCCC4C3=O)N=C(N)N3CC(NC(=O)c4cccc5c4CCCC5)C(O)(O)[C@]23N1.NC1=N[C@H]2[C@H](CN3C(=O)CCC3=O)N=C(N)N3CC(NC(=O)c4ccc5ccccc5c4O)C(O)(O)[C@]23N1. The predicted molar refractivity (Wildman–Crippen MR) is 280 cm³/mol. The summed E-state index contributed by atoms with van der Waals surface area (Å²) in [6, 6.07) is 9.33. The highest BCUT2D eigenvalue weighted by atomic mass is 16.5. The van der Waals surface area contributed by atoms with Gasteiger partial charge in [0.15, 0.2) is 35.2 Å². The number of imide groups is 2. The Balaban J connectivity index is 0.000000158. The second-order valence-electron chi connectivity index (χ2n) is 22.1. The fourth-order valence-electron chi connectivity index (χ4n) is 14.0. The van der Waals surface area contributed by atoms with Crippen molar-refractivity contribution < 1.29 is 54.3 Å². The van der Waals surface area contributed by atoms with E-state index in [2.05, 4.69) is 41.2 Å². The van der Waals surface area contributed by atoms with Gasteiger partial charge >= 0.3 is 0 Å². The first kappa shape index (κ1) is 51.6. The van der Waals surface area contributed by atoms with Crippen molar-refractivity contribution in [2.75, 3.05) is 26.2 Å². The summed E-state index contributed by atoms with van der Waals surface area (Å²) in [6.45, 7) is -0.542. The Hall–Kier alpha value is -8.14. The second kappa shape index (κ2) is 18.5. The molecule has 0 aromatic heterocycles. The molecule has 10 aliphatic rings. The standard InChI is InChI=1S/C28H36N8O5.C24H26N8O6/c29-25-33-21-19(12-35-23(38)17-9-3-4-10-18(17)24(35)39)31-26(30)36-13-20(28(40,41)27(21,36)34-25)32-22(37)16-11-5-7-14-6-1-2-8-15(14)16;25-21-29-19-14(9-31-16(33)7-8-17(31)34)27-22(26)32-10-15(24(37,38)23(19,32)30-21)28-20(36)13-6-5-11-3-1-2-4-12(11)18(13)35/h5,7,11,17-21,40-41H,1-4,6,8-10,12-13H2,(H2,30,31)(H,32,37)(H3,29,33,34);1-6,14-15,19,35,37-38H,7-10H2,(H2,26,27)(H,28,36)(H3,25,29,30)/t17?,18?,19-,20?,21-,27-;14-,15?,19-,23-/m00/s1. The van der Waals surface area contributed by atoms with E-state index in [9.17, 15) is 54.3 Å². The molecular formula is C52H62N16O11. The Labute approximate surface area is 450 Å². The molecule has 4 unspecified atom stereocenters. The molecule has 79 heavy (non-hydrogen) atoms. The van der Waals surface area contributed by atoms with Crippen molar-refractivity contribution >= 4 is 70.1 Å². The molecule has 1 saturated carbocycles. The van der Waals surface area contributed by atoms with Gasteiger partial charge in [-0.15, -0.1) is 0 Å².